The molecule has 10 rings (SSSR count). The summed E-state index contributed by atoms with van der Waals surface area (Å²) < 4.78 is 0. The minimum Gasteiger partial charge on any atom is -0.228 e. The van der Waals surface area contributed by atoms with Crippen LogP contribution in [-0.2, 0) is 5.41 Å². The zero-order valence-corrected chi connectivity index (χ0v) is 29.0. The van der Waals surface area contributed by atoms with Gasteiger partial charge in [0, 0.05) is 22.3 Å². The molecular formula is C51H34N2. The summed E-state index contributed by atoms with van der Waals surface area (Å²) in [4.78, 5) is 11.1. The number of nitrogens with zero attached hydrogens (tertiary/aromatic N) is 2. The summed E-state index contributed by atoms with van der Waals surface area (Å²) in [5, 5.41) is 2.35. The first-order valence-corrected chi connectivity index (χ1v) is 18.2. The Labute approximate surface area is 309 Å². The average Bonchev–Trinajstić information content (AvgIpc) is 3.55. The number of rotatable bonds is 6. The molecule has 1 heterocycles. The van der Waals surface area contributed by atoms with Gasteiger partial charge in [0.1, 0.15) is 0 Å². The van der Waals surface area contributed by atoms with Crippen LogP contribution in [0.3, 0.4) is 0 Å². The van der Waals surface area contributed by atoms with E-state index in [-0.39, 0.29) is 0 Å². The van der Waals surface area contributed by atoms with Gasteiger partial charge in [-0.05, 0) is 49.7 Å². The van der Waals surface area contributed by atoms with E-state index in [9.17, 15) is 0 Å². The second-order valence-corrected chi connectivity index (χ2v) is 13.7. The van der Waals surface area contributed by atoms with Crippen molar-refractivity contribution in [2.24, 2.45) is 0 Å². The third-order valence-electron chi connectivity index (χ3n) is 10.8. The highest BCUT2D eigenvalue weighted by molar-refractivity contribution is 6.00. The van der Waals surface area contributed by atoms with E-state index in [1.165, 1.54) is 44.2 Å². The molecule has 0 aliphatic heterocycles. The van der Waals surface area contributed by atoms with Gasteiger partial charge in [-0.15, -0.1) is 0 Å². The summed E-state index contributed by atoms with van der Waals surface area (Å²) in [6.45, 7) is 0. The van der Waals surface area contributed by atoms with Gasteiger partial charge in [-0.25, -0.2) is 9.97 Å². The van der Waals surface area contributed by atoms with Crippen LogP contribution in [0.1, 0.15) is 22.3 Å². The number of aromatic nitrogens is 2. The lowest BCUT2D eigenvalue weighted by atomic mass is 9.67. The van der Waals surface area contributed by atoms with Crippen molar-refractivity contribution in [3.05, 3.63) is 229 Å². The summed E-state index contributed by atoms with van der Waals surface area (Å²) in [5.41, 5.74) is 14.0. The lowest BCUT2D eigenvalue weighted by molar-refractivity contribution is 0.764. The first-order valence-electron chi connectivity index (χ1n) is 18.2. The van der Waals surface area contributed by atoms with Gasteiger partial charge in [-0.1, -0.05) is 206 Å². The van der Waals surface area contributed by atoms with Gasteiger partial charge in [0.2, 0.25) is 0 Å². The Morgan fingerprint density at radius 3 is 1.38 bits per heavy atom. The van der Waals surface area contributed by atoms with Crippen molar-refractivity contribution in [3.8, 4) is 56.2 Å². The van der Waals surface area contributed by atoms with E-state index in [0.29, 0.717) is 5.82 Å². The smallest absolute Gasteiger partial charge is 0.160 e. The van der Waals surface area contributed by atoms with Crippen LogP contribution in [-0.4, -0.2) is 9.97 Å². The molecule has 0 spiro atoms. The van der Waals surface area contributed by atoms with Crippen LogP contribution in [0.4, 0.5) is 0 Å². The zero-order valence-electron chi connectivity index (χ0n) is 29.0. The predicted octanol–water partition coefficient (Wildman–Crippen LogP) is 12.7. The molecule has 2 heteroatoms. The van der Waals surface area contributed by atoms with E-state index < -0.39 is 5.41 Å². The van der Waals surface area contributed by atoms with Gasteiger partial charge in [0.05, 0.1) is 16.8 Å². The van der Waals surface area contributed by atoms with Gasteiger partial charge in [0.25, 0.3) is 0 Å². The molecule has 0 atom stereocenters. The minimum atomic E-state index is -0.630. The Balaban J connectivity index is 1.21. The fraction of sp³-hybridized carbons (Fsp3) is 0.0196. The Kier molecular flexibility index (Phi) is 7.40. The van der Waals surface area contributed by atoms with Crippen molar-refractivity contribution in [1.29, 1.82) is 0 Å². The third kappa shape index (κ3) is 5.03. The summed E-state index contributed by atoms with van der Waals surface area (Å²) in [6.07, 6.45) is 0. The SMILES string of the molecule is c1ccc(-c2ccc(-c3ccc(-c4nc5c(c(-c6cccc7ccccc67)n4)C(c4ccccc4)(c4ccccc4)c4ccccc4-5)cc3)cc2)cc1. The highest BCUT2D eigenvalue weighted by atomic mass is 14.9. The maximum Gasteiger partial charge on any atom is 0.160 e. The lowest BCUT2D eigenvalue weighted by Crippen LogP contribution is -2.29. The normalized spacial score (nSPS) is 12.7. The molecule has 0 unspecified atom stereocenters. The topological polar surface area (TPSA) is 25.8 Å². The second kappa shape index (κ2) is 12.7. The summed E-state index contributed by atoms with van der Waals surface area (Å²) >= 11 is 0. The van der Waals surface area contributed by atoms with E-state index in [1.807, 2.05) is 0 Å². The van der Waals surface area contributed by atoms with Gasteiger partial charge in [0.15, 0.2) is 5.82 Å². The van der Waals surface area contributed by atoms with Crippen molar-refractivity contribution in [3.63, 3.8) is 0 Å². The molecule has 0 saturated carbocycles. The fourth-order valence-electron chi connectivity index (χ4n) is 8.36. The first kappa shape index (κ1) is 30.9. The molecule has 1 aromatic heterocycles. The van der Waals surface area contributed by atoms with Crippen molar-refractivity contribution >= 4 is 10.8 Å². The Bertz CT molecular complexity index is 2690. The molecule has 0 bridgehead atoms. The summed E-state index contributed by atoms with van der Waals surface area (Å²) in [7, 11) is 0. The van der Waals surface area contributed by atoms with E-state index >= 15 is 0 Å². The predicted molar refractivity (Wildman–Crippen MR) is 219 cm³/mol. The van der Waals surface area contributed by atoms with Crippen LogP contribution in [0.15, 0.2) is 206 Å². The summed E-state index contributed by atoms with van der Waals surface area (Å²) in [6, 6.07) is 73.8. The van der Waals surface area contributed by atoms with Gasteiger partial charge < -0.3 is 0 Å². The van der Waals surface area contributed by atoms with Crippen molar-refractivity contribution in [2.45, 2.75) is 5.41 Å². The third-order valence-corrected chi connectivity index (χ3v) is 10.8. The Morgan fingerprint density at radius 2 is 0.755 bits per heavy atom. The first-order chi connectivity index (χ1) is 26.3. The van der Waals surface area contributed by atoms with E-state index in [2.05, 4.69) is 206 Å². The number of benzene rings is 8. The van der Waals surface area contributed by atoms with E-state index in [0.717, 1.165) is 39.2 Å². The molecular weight excluding hydrogens is 641 g/mol. The zero-order chi connectivity index (χ0) is 35.2. The van der Waals surface area contributed by atoms with Crippen LogP contribution in [0.5, 0.6) is 0 Å². The molecule has 0 radical (unpaired) electrons. The van der Waals surface area contributed by atoms with E-state index in [4.69, 9.17) is 9.97 Å². The van der Waals surface area contributed by atoms with Crippen LogP contribution < -0.4 is 0 Å². The highest BCUT2D eigenvalue weighted by Gasteiger charge is 2.49. The molecule has 1 aliphatic carbocycles. The molecule has 0 amide bonds. The maximum atomic E-state index is 5.60. The molecule has 53 heavy (non-hydrogen) atoms. The molecule has 1 aliphatic rings. The second-order valence-electron chi connectivity index (χ2n) is 13.7. The van der Waals surface area contributed by atoms with Gasteiger partial charge in [-0.2, -0.15) is 0 Å². The quantitative estimate of drug-likeness (QED) is 0.175. The molecule has 0 fully saturated rings. The molecule has 2 nitrogen and oxygen atoms in total. The standard InChI is InChI=1S/C51H34N2/c1-4-15-35(16-5-1)36-27-29-37(30-28-36)38-31-33-40(34-32-38)50-52-48(44-25-14-18-39-17-10-11-23-43(39)44)47-49(53-50)45-24-12-13-26-46(45)51(47,41-19-6-2-7-20-41)42-21-8-3-9-22-42/h1-34H. The Morgan fingerprint density at radius 1 is 0.321 bits per heavy atom. The van der Waals surface area contributed by atoms with Crippen molar-refractivity contribution < 1.29 is 0 Å². The molecule has 9 aromatic rings. The van der Waals surface area contributed by atoms with Crippen LogP contribution in [0.2, 0.25) is 0 Å². The summed E-state index contributed by atoms with van der Waals surface area (Å²) in [5.74, 6) is 0.712. The van der Waals surface area contributed by atoms with Crippen molar-refractivity contribution in [1.82, 2.24) is 9.97 Å². The monoisotopic (exact) mass is 674 g/mol. The maximum absolute atomic E-state index is 5.60. The van der Waals surface area contributed by atoms with E-state index in [1.54, 1.807) is 0 Å². The largest absolute Gasteiger partial charge is 0.228 e. The molecule has 0 saturated heterocycles. The average molecular weight is 675 g/mol. The minimum absolute atomic E-state index is 0.630. The van der Waals surface area contributed by atoms with Crippen molar-refractivity contribution in [2.75, 3.05) is 0 Å². The Hall–Kier alpha value is -6.90. The fourth-order valence-corrected chi connectivity index (χ4v) is 8.36. The molecule has 248 valence electrons. The van der Waals surface area contributed by atoms with Gasteiger partial charge in [-0.3, -0.25) is 0 Å². The molecule has 0 N–H and O–H groups in total. The van der Waals surface area contributed by atoms with Crippen LogP contribution in [0, 0.1) is 0 Å². The number of hydrogen-bond acceptors (Lipinski definition) is 2. The lowest BCUT2D eigenvalue weighted by Gasteiger charge is -2.34. The van der Waals surface area contributed by atoms with Crippen LogP contribution >= 0.6 is 0 Å². The number of fused-ring (bicyclic) bond motifs is 4. The molecule has 8 aromatic carbocycles. The van der Waals surface area contributed by atoms with Gasteiger partial charge >= 0.3 is 0 Å². The highest BCUT2D eigenvalue weighted by Crippen LogP contribution is 2.58. The van der Waals surface area contributed by atoms with Crippen LogP contribution in [0.25, 0.3) is 66.9 Å². The number of hydrogen-bond donors (Lipinski definition) is 0.